The SMILES string of the molecule is CCOc1ccccc1CCC(=O)Nc1sc2c(c1C#N)CCN(C(=O)OCCc1cccnc1)C2. The van der Waals surface area contributed by atoms with Gasteiger partial charge in [-0.05, 0) is 48.6 Å². The monoisotopic (exact) mass is 504 g/mol. The summed E-state index contributed by atoms with van der Waals surface area (Å²) in [5.41, 5.74) is 3.37. The molecule has 4 rings (SSSR count). The topological polar surface area (TPSA) is 105 Å². The molecule has 1 aromatic carbocycles. The van der Waals surface area contributed by atoms with E-state index in [1.807, 2.05) is 43.3 Å². The van der Waals surface area contributed by atoms with E-state index in [1.165, 1.54) is 11.3 Å². The highest BCUT2D eigenvalue weighted by Gasteiger charge is 2.28. The molecule has 186 valence electrons. The summed E-state index contributed by atoms with van der Waals surface area (Å²) in [6, 6.07) is 13.7. The predicted molar refractivity (Wildman–Crippen MR) is 137 cm³/mol. The number of nitrogens with zero attached hydrogens (tertiary/aromatic N) is 3. The minimum absolute atomic E-state index is 0.164. The average molecular weight is 505 g/mol. The maximum Gasteiger partial charge on any atom is 0.410 e. The number of amides is 2. The zero-order chi connectivity index (χ0) is 25.3. The predicted octanol–water partition coefficient (Wildman–Crippen LogP) is 4.72. The van der Waals surface area contributed by atoms with E-state index >= 15 is 0 Å². The zero-order valence-electron chi connectivity index (χ0n) is 20.2. The molecule has 0 bridgehead atoms. The molecule has 2 aromatic heterocycles. The molecule has 0 spiro atoms. The Morgan fingerprint density at radius 3 is 2.86 bits per heavy atom. The van der Waals surface area contributed by atoms with E-state index in [4.69, 9.17) is 9.47 Å². The summed E-state index contributed by atoms with van der Waals surface area (Å²) in [7, 11) is 0. The molecular formula is C27H28N4O4S. The van der Waals surface area contributed by atoms with Gasteiger partial charge in [0.25, 0.3) is 0 Å². The van der Waals surface area contributed by atoms with Crippen LogP contribution in [-0.2, 0) is 35.3 Å². The van der Waals surface area contributed by atoms with Crippen molar-refractivity contribution in [2.75, 3.05) is 25.1 Å². The molecule has 0 atom stereocenters. The molecule has 3 aromatic rings. The number of rotatable bonds is 9. The van der Waals surface area contributed by atoms with Crippen molar-refractivity contribution in [3.63, 3.8) is 0 Å². The molecule has 2 amide bonds. The Labute approximate surface area is 214 Å². The van der Waals surface area contributed by atoms with Crippen molar-refractivity contribution in [3.8, 4) is 11.8 Å². The first-order valence-corrected chi connectivity index (χ1v) is 12.8. The fourth-order valence-corrected chi connectivity index (χ4v) is 5.33. The van der Waals surface area contributed by atoms with Gasteiger partial charge in [-0.1, -0.05) is 24.3 Å². The maximum absolute atomic E-state index is 12.7. The third kappa shape index (κ3) is 6.20. The molecule has 0 saturated carbocycles. The quantitative estimate of drug-likeness (QED) is 0.452. The summed E-state index contributed by atoms with van der Waals surface area (Å²) in [5, 5.41) is 13.2. The summed E-state index contributed by atoms with van der Waals surface area (Å²) >= 11 is 1.35. The number of thiophene rings is 1. The fourth-order valence-electron chi connectivity index (χ4n) is 4.10. The number of pyridine rings is 1. The van der Waals surface area contributed by atoms with E-state index in [0.717, 1.165) is 27.3 Å². The lowest BCUT2D eigenvalue weighted by Gasteiger charge is -2.26. The molecule has 0 aliphatic carbocycles. The number of carbonyl (C=O) groups is 2. The molecule has 0 radical (unpaired) electrons. The van der Waals surface area contributed by atoms with E-state index in [2.05, 4.69) is 16.4 Å². The molecule has 3 heterocycles. The lowest BCUT2D eigenvalue weighted by atomic mass is 10.0. The van der Waals surface area contributed by atoms with Gasteiger partial charge in [0.05, 0.1) is 25.3 Å². The second kappa shape index (κ2) is 12.2. The second-order valence-electron chi connectivity index (χ2n) is 8.31. The molecular weight excluding hydrogens is 476 g/mol. The molecule has 8 nitrogen and oxygen atoms in total. The molecule has 9 heteroatoms. The number of para-hydroxylation sites is 1. The van der Waals surface area contributed by atoms with E-state index < -0.39 is 0 Å². The number of hydrogen-bond acceptors (Lipinski definition) is 7. The van der Waals surface area contributed by atoms with Crippen LogP contribution in [0.3, 0.4) is 0 Å². The average Bonchev–Trinajstić information content (AvgIpc) is 3.24. The van der Waals surface area contributed by atoms with Crippen molar-refractivity contribution in [2.24, 2.45) is 0 Å². The lowest BCUT2D eigenvalue weighted by Crippen LogP contribution is -2.36. The van der Waals surface area contributed by atoms with Gasteiger partial charge < -0.3 is 19.7 Å². The standard InChI is InChI=1S/C27H28N4O4S/c1-2-34-23-8-4-3-7-20(23)9-10-25(32)30-26-22(16-28)21-11-14-31(18-24(21)36-26)27(33)35-15-12-19-6-5-13-29-17-19/h3-8,13,17H,2,9-12,14-15,18H2,1H3,(H,30,32). The van der Waals surface area contributed by atoms with Crippen LogP contribution in [0.1, 0.15) is 40.5 Å². The minimum atomic E-state index is -0.380. The smallest absolute Gasteiger partial charge is 0.410 e. The Kier molecular flexibility index (Phi) is 8.53. The Hall–Kier alpha value is -3.90. The first-order valence-electron chi connectivity index (χ1n) is 11.9. The van der Waals surface area contributed by atoms with Gasteiger partial charge in [-0.25, -0.2) is 4.79 Å². The van der Waals surface area contributed by atoms with Crippen molar-refractivity contribution in [3.05, 3.63) is 75.9 Å². The maximum atomic E-state index is 12.7. The number of ether oxygens (including phenoxy) is 2. The zero-order valence-corrected chi connectivity index (χ0v) is 21.0. The van der Waals surface area contributed by atoms with E-state index in [9.17, 15) is 14.9 Å². The van der Waals surface area contributed by atoms with E-state index in [1.54, 1.807) is 17.3 Å². The molecule has 1 N–H and O–H groups in total. The molecule has 0 saturated heterocycles. The van der Waals surface area contributed by atoms with Crippen LogP contribution in [0.5, 0.6) is 5.75 Å². The Balaban J connectivity index is 1.34. The normalized spacial score (nSPS) is 12.4. The number of hydrogen-bond donors (Lipinski definition) is 1. The van der Waals surface area contributed by atoms with Gasteiger partial charge in [0.1, 0.15) is 16.8 Å². The van der Waals surface area contributed by atoms with Gasteiger partial charge in [0, 0.05) is 36.7 Å². The van der Waals surface area contributed by atoms with Crippen molar-refractivity contribution in [2.45, 2.75) is 39.2 Å². The number of aryl methyl sites for hydroxylation is 1. The molecule has 0 unspecified atom stereocenters. The van der Waals surface area contributed by atoms with Crippen LogP contribution < -0.4 is 10.1 Å². The Morgan fingerprint density at radius 2 is 2.08 bits per heavy atom. The number of nitrogens with one attached hydrogen (secondary N) is 1. The third-order valence-corrected chi connectivity index (χ3v) is 7.04. The van der Waals surface area contributed by atoms with Crippen LogP contribution >= 0.6 is 11.3 Å². The van der Waals surface area contributed by atoms with Crippen molar-refractivity contribution < 1.29 is 19.1 Å². The lowest BCUT2D eigenvalue weighted by molar-refractivity contribution is -0.116. The van der Waals surface area contributed by atoms with E-state index in [0.29, 0.717) is 49.5 Å². The summed E-state index contributed by atoms with van der Waals surface area (Å²) in [4.78, 5) is 31.9. The van der Waals surface area contributed by atoms with Crippen LogP contribution in [0.4, 0.5) is 9.80 Å². The van der Waals surface area contributed by atoms with E-state index in [-0.39, 0.29) is 25.0 Å². The summed E-state index contributed by atoms with van der Waals surface area (Å²) in [5.74, 6) is 0.618. The van der Waals surface area contributed by atoms with Crippen molar-refractivity contribution in [1.29, 1.82) is 5.26 Å². The first kappa shape index (κ1) is 25.2. The van der Waals surface area contributed by atoms with Gasteiger partial charge in [0.15, 0.2) is 0 Å². The highest BCUT2D eigenvalue weighted by atomic mass is 32.1. The summed E-state index contributed by atoms with van der Waals surface area (Å²) < 4.78 is 11.1. The van der Waals surface area contributed by atoms with Crippen LogP contribution in [0.15, 0.2) is 48.8 Å². The number of fused-ring (bicyclic) bond motifs is 1. The minimum Gasteiger partial charge on any atom is -0.494 e. The summed E-state index contributed by atoms with van der Waals surface area (Å²) in [6.45, 7) is 3.58. The third-order valence-electron chi connectivity index (χ3n) is 5.91. The number of carbonyl (C=O) groups excluding carboxylic acids is 2. The second-order valence-corrected chi connectivity index (χ2v) is 9.41. The van der Waals surface area contributed by atoms with Crippen LogP contribution in [0, 0.1) is 11.3 Å². The molecule has 0 fully saturated rings. The summed E-state index contributed by atoms with van der Waals surface area (Å²) in [6.07, 6.45) is 5.03. The number of aromatic nitrogens is 1. The van der Waals surface area contributed by atoms with Crippen LogP contribution in [0.25, 0.3) is 0 Å². The fraction of sp³-hybridized carbons (Fsp3) is 0.333. The van der Waals surface area contributed by atoms with Crippen molar-refractivity contribution >= 4 is 28.3 Å². The van der Waals surface area contributed by atoms with Crippen LogP contribution in [-0.4, -0.2) is 41.6 Å². The highest BCUT2D eigenvalue weighted by molar-refractivity contribution is 7.16. The largest absolute Gasteiger partial charge is 0.494 e. The Morgan fingerprint density at radius 1 is 1.22 bits per heavy atom. The van der Waals surface area contributed by atoms with Gasteiger partial charge in [-0.3, -0.25) is 9.78 Å². The molecule has 36 heavy (non-hydrogen) atoms. The molecule has 1 aliphatic heterocycles. The number of benzene rings is 1. The van der Waals surface area contributed by atoms with Crippen LogP contribution in [0.2, 0.25) is 0 Å². The van der Waals surface area contributed by atoms with Gasteiger partial charge in [-0.15, -0.1) is 11.3 Å². The Bertz CT molecular complexity index is 1250. The highest BCUT2D eigenvalue weighted by Crippen LogP contribution is 2.37. The number of nitriles is 1. The van der Waals surface area contributed by atoms with Gasteiger partial charge in [0.2, 0.25) is 5.91 Å². The first-order chi connectivity index (χ1) is 17.6. The van der Waals surface area contributed by atoms with Gasteiger partial charge in [-0.2, -0.15) is 5.26 Å². The van der Waals surface area contributed by atoms with Gasteiger partial charge >= 0.3 is 6.09 Å². The van der Waals surface area contributed by atoms with Crippen molar-refractivity contribution in [1.82, 2.24) is 9.88 Å². The molecule has 1 aliphatic rings. The number of anilines is 1.